The van der Waals surface area contributed by atoms with Gasteiger partial charge in [-0.25, -0.2) is 0 Å². The second-order valence-corrected chi connectivity index (χ2v) is 21.4. The monoisotopic (exact) mass is 1320 g/mol. The molecule has 0 spiro atoms. The summed E-state index contributed by atoms with van der Waals surface area (Å²) in [6, 6.07) is 0. The molecular formula is C32H66NO42P6-5. The number of esters is 6. The van der Waals surface area contributed by atoms with Crippen LogP contribution in [0.1, 0.15) is 41.5 Å². The van der Waals surface area contributed by atoms with Gasteiger partial charge < -0.3 is 150 Å². The van der Waals surface area contributed by atoms with E-state index in [9.17, 15) is 85.5 Å². The van der Waals surface area contributed by atoms with Crippen molar-refractivity contribution >= 4 is 82.8 Å². The second kappa shape index (κ2) is 48.4. The van der Waals surface area contributed by atoms with Crippen molar-refractivity contribution in [1.82, 2.24) is 0 Å². The van der Waals surface area contributed by atoms with Gasteiger partial charge in [0.05, 0.1) is 46.2 Å². The lowest BCUT2D eigenvalue weighted by molar-refractivity contribution is -0.373. The van der Waals surface area contributed by atoms with Gasteiger partial charge in [0, 0.05) is 41.5 Å². The summed E-state index contributed by atoms with van der Waals surface area (Å²) >= 11 is 0. The predicted octanol–water partition coefficient (Wildman–Crippen LogP) is -10.4. The Kier molecular flexibility index (Phi) is 53.5. The zero-order chi connectivity index (χ0) is 65.0. The van der Waals surface area contributed by atoms with E-state index < -0.39 is 159 Å². The number of quaternary nitrogens is 1. The molecule has 0 radical (unpaired) electrons. The molecule has 0 aliphatic rings. The van der Waals surface area contributed by atoms with E-state index in [1.54, 1.807) is 0 Å². The molecule has 0 rings (SSSR count). The van der Waals surface area contributed by atoms with Crippen LogP contribution in [0.15, 0.2) is 0 Å². The molecule has 12 atom stereocenters. The maximum absolute atomic E-state index is 11.0. The number of hydrogen-bond donors (Lipinski definition) is 12. The summed E-state index contributed by atoms with van der Waals surface area (Å²) in [4.78, 5) is 163. The number of aliphatic hydroxyl groups is 6. The van der Waals surface area contributed by atoms with Gasteiger partial charge in [-0.05, 0) is 0 Å². The third-order valence-corrected chi connectivity index (χ3v) is 9.18. The predicted molar refractivity (Wildman–Crippen MR) is 242 cm³/mol. The van der Waals surface area contributed by atoms with Gasteiger partial charge in [0.25, 0.3) is 46.9 Å². The first-order valence-corrected chi connectivity index (χ1v) is 30.1. The minimum absolute atomic E-state index is 0.0825. The molecule has 0 fully saturated rings. The van der Waals surface area contributed by atoms with Crippen molar-refractivity contribution in [3.05, 3.63) is 0 Å². The molecule has 81 heavy (non-hydrogen) atoms. The topological polar surface area (TPSA) is 713 Å². The molecule has 0 bridgehead atoms. The third-order valence-electron chi connectivity index (χ3n) is 5.84. The van der Waals surface area contributed by atoms with Crippen LogP contribution in [-0.4, -0.2) is 220 Å². The lowest BCUT2D eigenvalue weighted by Gasteiger charge is -2.23. The van der Waals surface area contributed by atoms with Gasteiger partial charge in [-0.15, -0.1) is 0 Å². The quantitative estimate of drug-likeness (QED) is 0.0165. The Morgan fingerprint density at radius 1 is 0.321 bits per heavy atom. The molecule has 0 aliphatic heterocycles. The van der Waals surface area contributed by atoms with E-state index in [1.165, 1.54) is 6.92 Å². The average molecular weight is 1320 g/mol. The molecule has 12 unspecified atom stereocenters. The number of rotatable bonds is 33. The molecule has 43 nitrogen and oxygen atoms in total. The molecule has 49 heteroatoms. The van der Waals surface area contributed by atoms with E-state index >= 15 is 0 Å². The molecule has 0 saturated heterocycles. The zero-order valence-electron chi connectivity index (χ0n) is 43.3. The van der Waals surface area contributed by atoms with Gasteiger partial charge in [-0.3, -0.25) is 56.2 Å². The fraction of sp³-hybridized carbons (Fsp3) is 0.812. The zero-order valence-corrected chi connectivity index (χ0v) is 48.7. The van der Waals surface area contributed by atoms with Gasteiger partial charge in [0.1, 0.15) is 82.9 Å². The van der Waals surface area contributed by atoms with Crippen LogP contribution in [0.5, 0.6) is 0 Å². The molecular weight excluding hydrogens is 1260 g/mol. The first-order chi connectivity index (χ1) is 36.4. The van der Waals surface area contributed by atoms with E-state index in [2.05, 4.69) is 65.8 Å². The Hall–Kier alpha value is -2.80. The van der Waals surface area contributed by atoms with E-state index in [0.29, 0.717) is 0 Å². The standard InChI is InChI=1S/C7H16NO7P.5C5H11O7P/c1-6(9)13-4-7(10)5-15-16(11,12)14-3-2-8;5*1-4(6)11-2-5(7)3-12-13(8,9)10/h7,10H,2-5,8H2,1H3,(H,11,12);5*5,7H,2-3H2,1H3,(H2,8,9,10)/p-5. The van der Waals surface area contributed by atoms with E-state index in [4.69, 9.17) is 55.1 Å². The summed E-state index contributed by atoms with van der Waals surface area (Å²) in [7, 11) is -28.5. The van der Waals surface area contributed by atoms with Crippen LogP contribution in [0.3, 0.4) is 0 Å². The molecule has 0 aromatic rings. The number of carbonyl (C=O) groups excluding carboxylic acids is 6. The van der Waals surface area contributed by atoms with Crippen molar-refractivity contribution in [1.29, 1.82) is 0 Å². The van der Waals surface area contributed by atoms with Gasteiger partial charge >= 0.3 is 35.8 Å². The average Bonchev–Trinajstić information content (AvgIpc) is 3.30. The van der Waals surface area contributed by atoms with Gasteiger partial charge in [-0.2, -0.15) is 0 Å². The highest BCUT2D eigenvalue weighted by molar-refractivity contribution is 7.46. The van der Waals surface area contributed by atoms with Crippen LogP contribution in [0.2, 0.25) is 0 Å². The Bertz CT molecular complexity index is 1770. The van der Waals surface area contributed by atoms with E-state index in [0.717, 1.165) is 34.6 Å². The largest absolute Gasteiger partial charge is 0.756 e. The van der Waals surface area contributed by atoms with Crippen LogP contribution >= 0.6 is 46.9 Å². The highest BCUT2D eigenvalue weighted by Crippen LogP contribution is 2.38. The minimum atomic E-state index is -4.82. The minimum Gasteiger partial charge on any atom is -0.756 e. The number of carbonyl (C=O) groups is 6. The maximum Gasteiger partial charge on any atom is 0.302 e. The molecule has 0 amide bonds. The van der Waals surface area contributed by atoms with Crippen LogP contribution in [0.25, 0.3) is 0 Å². The lowest BCUT2D eigenvalue weighted by atomic mass is 10.4. The van der Waals surface area contributed by atoms with Crippen LogP contribution in [0, 0.1) is 0 Å². The van der Waals surface area contributed by atoms with Crippen LogP contribution < -0.4 is 35.1 Å². The molecule has 0 aliphatic carbocycles. The molecule has 14 N–H and O–H groups in total. The van der Waals surface area contributed by atoms with Crippen LogP contribution in [-0.2, 0) is 116 Å². The van der Waals surface area contributed by atoms with Crippen molar-refractivity contribution < 1.29 is 206 Å². The molecule has 0 saturated carbocycles. The van der Waals surface area contributed by atoms with Crippen molar-refractivity contribution in [3.63, 3.8) is 0 Å². The Balaban J connectivity index is -0.000000209. The van der Waals surface area contributed by atoms with Gasteiger partial charge in [0.15, 0.2) is 0 Å². The van der Waals surface area contributed by atoms with Crippen molar-refractivity contribution in [2.24, 2.45) is 0 Å². The highest BCUT2D eigenvalue weighted by atomic mass is 31.2. The molecule has 0 aromatic carbocycles. The fourth-order valence-electron chi connectivity index (χ4n) is 2.86. The maximum atomic E-state index is 11.0. The van der Waals surface area contributed by atoms with E-state index in [-0.39, 0.29) is 52.8 Å². The molecule has 0 aromatic heterocycles. The van der Waals surface area contributed by atoms with Gasteiger partial charge in [-0.1, -0.05) is 0 Å². The third kappa shape index (κ3) is 93.9. The first kappa shape index (κ1) is 89.4. The molecule has 486 valence electrons. The summed E-state index contributed by atoms with van der Waals surface area (Å²) in [5.74, 6) is -3.59. The second-order valence-electron chi connectivity index (χ2n) is 14.0. The van der Waals surface area contributed by atoms with Crippen LogP contribution in [0.4, 0.5) is 0 Å². The molecule has 0 heterocycles. The summed E-state index contributed by atoms with van der Waals surface area (Å²) in [6.45, 7) is 1.07. The number of ether oxygens (including phenoxy) is 6. The Labute approximate surface area is 459 Å². The smallest absolute Gasteiger partial charge is 0.302 e. The van der Waals surface area contributed by atoms with Crippen molar-refractivity contribution in [3.8, 4) is 0 Å². The van der Waals surface area contributed by atoms with Crippen molar-refractivity contribution in [2.75, 3.05) is 92.4 Å². The lowest BCUT2D eigenvalue weighted by Crippen LogP contribution is -2.52. The SMILES string of the molecule is CC(=O)OCC(O)COP(=O)([O-])O.CC(=O)OCC(O)COP(=O)([O-])O.CC(=O)OCC(O)COP(=O)([O-])O.CC(=O)OCC(O)COP(=O)([O-])O.CC(=O)OCC(O)COP(=O)([O-])O.CC(=O)OCC(O)COP(=O)([O-])OCC[NH3+]. The first-order valence-electron chi connectivity index (χ1n) is 21.1. The summed E-state index contributed by atoms with van der Waals surface area (Å²) in [6.07, 6.45) is -7.61. The summed E-state index contributed by atoms with van der Waals surface area (Å²) in [5.41, 5.74) is 3.39. The normalized spacial score (nSPS) is 17.3. The summed E-state index contributed by atoms with van der Waals surface area (Å²) in [5, 5.41) is 53.6. The number of phosphoric acid groups is 6. The summed E-state index contributed by atoms with van der Waals surface area (Å²) < 4.78 is 115. The number of aliphatic hydroxyl groups excluding tert-OH is 6. The number of phosphoric ester groups is 6. The van der Waals surface area contributed by atoms with Crippen molar-refractivity contribution in [2.45, 2.75) is 78.2 Å². The number of hydrogen-bond acceptors (Lipinski definition) is 37. The van der Waals surface area contributed by atoms with Gasteiger partial charge in [0.2, 0.25) is 0 Å². The highest BCUT2D eigenvalue weighted by Gasteiger charge is 2.16. The van der Waals surface area contributed by atoms with E-state index in [1.807, 2.05) is 0 Å². The Morgan fingerprint density at radius 2 is 0.469 bits per heavy atom. The Morgan fingerprint density at radius 3 is 0.593 bits per heavy atom. The fourth-order valence-corrected chi connectivity index (χ4v) is 5.45.